The Morgan fingerprint density at radius 3 is 2.59 bits per heavy atom. The molecule has 2 heterocycles. The first-order valence-corrected chi connectivity index (χ1v) is 9.06. The van der Waals surface area contributed by atoms with Crippen molar-refractivity contribution in [3.8, 4) is 5.75 Å². The number of benzene rings is 1. The second-order valence-corrected chi connectivity index (χ2v) is 7.55. The normalized spacial score (nSPS) is 27.2. The number of hydrogen-bond acceptors (Lipinski definition) is 4. The van der Waals surface area contributed by atoms with Gasteiger partial charge >= 0.3 is 0 Å². The van der Waals surface area contributed by atoms with E-state index in [9.17, 15) is 8.42 Å². The van der Waals surface area contributed by atoms with E-state index in [2.05, 4.69) is 10.0 Å². The van der Waals surface area contributed by atoms with E-state index in [0.717, 1.165) is 25.7 Å². The van der Waals surface area contributed by atoms with Crippen LogP contribution in [0.5, 0.6) is 5.75 Å². The SMILES string of the molecule is CCOc1cccc(S(=O)(=O)NC2CC3CCC(C2)N3)c1.Cl. The van der Waals surface area contributed by atoms with Gasteiger partial charge in [0.25, 0.3) is 0 Å². The zero-order valence-corrected chi connectivity index (χ0v) is 14.3. The number of fused-ring (bicyclic) bond motifs is 2. The lowest BCUT2D eigenvalue weighted by Gasteiger charge is -2.29. The van der Waals surface area contributed by atoms with E-state index in [-0.39, 0.29) is 23.3 Å². The van der Waals surface area contributed by atoms with Crippen molar-refractivity contribution in [2.24, 2.45) is 0 Å². The van der Waals surface area contributed by atoms with E-state index >= 15 is 0 Å². The van der Waals surface area contributed by atoms with Crippen LogP contribution in [-0.2, 0) is 10.0 Å². The fourth-order valence-electron chi connectivity index (χ4n) is 3.34. The number of piperidine rings is 1. The molecule has 124 valence electrons. The van der Waals surface area contributed by atoms with Crippen LogP contribution >= 0.6 is 12.4 Å². The van der Waals surface area contributed by atoms with Crippen LogP contribution in [0.15, 0.2) is 29.2 Å². The van der Waals surface area contributed by atoms with Crippen molar-refractivity contribution in [2.75, 3.05) is 6.61 Å². The Labute approximate surface area is 138 Å². The minimum Gasteiger partial charge on any atom is -0.494 e. The molecule has 7 heteroatoms. The summed E-state index contributed by atoms with van der Waals surface area (Å²) < 4.78 is 33.2. The molecule has 0 radical (unpaired) electrons. The molecule has 2 unspecified atom stereocenters. The number of sulfonamides is 1. The molecule has 1 aromatic carbocycles. The van der Waals surface area contributed by atoms with Gasteiger partial charge in [-0.3, -0.25) is 0 Å². The summed E-state index contributed by atoms with van der Waals surface area (Å²) in [5.74, 6) is 0.589. The molecular formula is C15H23ClN2O3S. The fourth-order valence-corrected chi connectivity index (χ4v) is 4.64. The van der Waals surface area contributed by atoms with E-state index in [1.165, 1.54) is 0 Å². The summed E-state index contributed by atoms with van der Waals surface area (Å²) in [6.45, 7) is 2.40. The topological polar surface area (TPSA) is 67.4 Å². The van der Waals surface area contributed by atoms with Crippen LogP contribution in [0.4, 0.5) is 0 Å². The summed E-state index contributed by atoms with van der Waals surface area (Å²) in [6, 6.07) is 7.64. The molecule has 22 heavy (non-hydrogen) atoms. The predicted molar refractivity (Wildman–Crippen MR) is 88.1 cm³/mol. The van der Waals surface area contributed by atoms with Gasteiger partial charge in [-0.2, -0.15) is 0 Å². The van der Waals surface area contributed by atoms with Gasteiger partial charge in [-0.15, -0.1) is 12.4 Å². The van der Waals surface area contributed by atoms with Gasteiger partial charge in [0.2, 0.25) is 10.0 Å². The van der Waals surface area contributed by atoms with Crippen molar-refractivity contribution >= 4 is 22.4 Å². The van der Waals surface area contributed by atoms with Crippen LogP contribution in [0.1, 0.15) is 32.6 Å². The highest BCUT2D eigenvalue weighted by Gasteiger charge is 2.35. The average Bonchev–Trinajstić information content (AvgIpc) is 2.78. The molecule has 2 aliphatic rings. The minimum absolute atomic E-state index is 0. The third-order valence-electron chi connectivity index (χ3n) is 4.22. The van der Waals surface area contributed by atoms with E-state index in [0.29, 0.717) is 24.4 Å². The smallest absolute Gasteiger partial charge is 0.240 e. The maximum atomic E-state index is 12.5. The quantitative estimate of drug-likeness (QED) is 0.856. The highest BCUT2D eigenvalue weighted by Crippen LogP contribution is 2.28. The third-order valence-corrected chi connectivity index (χ3v) is 5.74. The summed E-state index contributed by atoms with van der Waals surface area (Å²) in [7, 11) is -3.48. The summed E-state index contributed by atoms with van der Waals surface area (Å²) in [6.07, 6.45) is 4.06. The minimum atomic E-state index is -3.48. The molecule has 0 spiro atoms. The predicted octanol–water partition coefficient (Wildman–Crippen LogP) is 2.07. The van der Waals surface area contributed by atoms with Gasteiger partial charge in [0, 0.05) is 24.2 Å². The zero-order chi connectivity index (χ0) is 14.9. The van der Waals surface area contributed by atoms with E-state index in [1.807, 2.05) is 6.92 Å². The van der Waals surface area contributed by atoms with Crippen molar-refractivity contribution in [1.82, 2.24) is 10.0 Å². The third kappa shape index (κ3) is 3.93. The Morgan fingerprint density at radius 2 is 1.95 bits per heavy atom. The molecule has 2 aliphatic heterocycles. The highest BCUT2D eigenvalue weighted by atomic mass is 35.5. The molecular weight excluding hydrogens is 324 g/mol. The van der Waals surface area contributed by atoms with Crippen LogP contribution in [0.2, 0.25) is 0 Å². The number of rotatable bonds is 5. The van der Waals surface area contributed by atoms with E-state index in [4.69, 9.17) is 4.74 Å². The van der Waals surface area contributed by atoms with Crippen LogP contribution < -0.4 is 14.8 Å². The van der Waals surface area contributed by atoms with Crippen LogP contribution in [0, 0.1) is 0 Å². The summed E-state index contributed by atoms with van der Waals surface area (Å²) in [4.78, 5) is 0.277. The largest absolute Gasteiger partial charge is 0.494 e. The number of ether oxygens (including phenoxy) is 1. The van der Waals surface area contributed by atoms with Crippen molar-refractivity contribution in [3.05, 3.63) is 24.3 Å². The molecule has 2 atom stereocenters. The van der Waals surface area contributed by atoms with Gasteiger partial charge in [0.05, 0.1) is 11.5 Å². The second kappa shape index (κ2) is 7.17. The molecule has 2 N–H and O–H groups in total. The molecule has 0 aliphatic carbocycles. The molecule has 2 bridgehead atoms. The number of nitrogens with one attached hydrogen (secondary N) is 2. The van der Waals surface area contributed by atoms with Crippen LogP contribution in [0.25, 0.3) is 0 Å². The molecule has 2 fully saturated rings. The summed E-state index contributed by atoms with van der Waals surface area (Å²) in [5.41, 5.74) is 0. The zero-order valence-electron chi connectivity index (χ0n) is 12.6. The van der Waals surface area contributed by atoms with Gasteiger partial charge in [-0.25, -0.2) is 13.1 Å². The maximum absolute atomic E-state index is 12.5. The van der Waals surface area contributed by atoms with E-state index < -0.39 is 10.0 Å². The Balaban J connectivity index is 0.00000176. The van der Waals surface area contributed by atoms with Gasteiger partial charge in [-0.1, -0.05) is 6.07 Å². The lowest BCUT2D eigenvalue weighted by molar-refractivity contribution is 0.338. The lowest BCUT2D eigenvalue weighted by atomic mass is 10.0. The molecule has 0 amide bonds. The Bertz CT molecular complexity index is 597. The van der Waals surface area contributed by atoms with E-state index in [1.54, 1.807) is 24.3 Å². The first kappa shape index (κ1) is 17.5. The Hall–Kier alpha value is -0.820. The van der Waals surface area contributed by atoms with Crippen LogP contribution in [-0.4, -0.2) is 33.2 Å². The Kier molecular flexibility index (Phi) is 5.71. The fraction of sp³-hybridized carbons (Fsp3) is 0.600. The molecule has 1 aromatic rings. The van der Waals surface area contributed by atoms with Crippen molar-refractivity contribution in [2.45, 2.75) is 55.6 Å². The first-order chi connectivity index (χ1) is 10.1. The molecule has 2 saturated heterocycles. The molecule has 0 aromatic heterocycles. The first-order valence-electron chi connectivity index (χ1n) is 7.58. The van der Waals surface area contributed by atoms with Gasteiger partial charge in [0.1, 0.15) is 5.75 Å². The van der Waals surface area contributed by atoms with Gasteiger partial charge in [0.15, 0.2) is 0 Å². The highest BCUT2D eigenvalue weighted by molar-refractivity contribution is 7.89. The summed E-state index contributed by atoms with van der Waals surface area (Å²) >= 11 is 0. The monoisotopic (exact) mass is 346 g/mol. The number of halogens is 1. The standard InChI is InChI=1S/C15H22N2O3S.ClH/c1-2-20-14-4-3-5-15(10-14)21(18,19)17-13-8-11-6-7-12(9-13)16-11;/h3-5,10-13,16-17H,2,6-9H2,1H3;1H. The van der Waals surface area contributed by atoms with Crippen molar-refractivity contribution < 1.29 is 13.2 Å². The lowest BCUT2D eigenvalue weighted by Crippen LogP contribution is -2.47. The average molecular weight is 347 g/mol. The molecule has 5 nitrogen and oxygen atoms in total. The van der Waals surface area contributed by atoms with Crippen molar-refractivity contribution in [1.29, 1.82) is 0 Å². The number of hydrogen-bond donors (Lipinski definition) is 2. The van der Waals surface area contributed by atoms with Crippen LogP contribution in [0.3, 0.4) is 0 Å². The molecule has 3 rings (SSSR count). The molecule has 0 saturated carbocycles. The summed E-state index contributed by atoms with van der Waals surface area (Å²) in [5, 5.41) is 3.52. The Morgan fingerprint density at radius 1 is 1.27 bits per heavy atom. The maximum Gasteiger partial charge on any atom is 0.240 e. The second-order valence-electron chi connectivity index (χ2n) is 5.84. The van der Waals surface area contributed by atoms with Crippen molar-refractivity contribution in [3.63, 3.8) is 0 Å². The van der Waals surface area contributed by atoms with Gasteiger partial charge < -0.3 is 10.1 Å². The van der Waals surface area contributed by atoms with Gasteiger partial charge in [-0.05, 0) is 44.7 Å².